The van der Waals surface area contributed by atoms with E-state index in [1.54, 1.807) is 0 Å². The minimum atomic E-state index is -1.60. The van der Waals surface area contributed by atoms with Crippen molar-refractivity contribution in [2.75, 3.05) is 13.2 Å². The smallest absolute Gasteiger partial charge is 0.325 e. The van der Waals surface area contributed by atoms with Crippen LogP contribution in [0.3, 0.4) is 0 Å². The van der Waals surface area contributed by atoms with Crippen LogP contribution in [0.1, 0.15) is 66.7 Å². The number of carboxylic acids is 2. The molecule has 0 aromatic heterocycles. The first-order chi connectivity index (χ1) is 24.2. The number of amides is 4. The third kappa shape index (κ3) is 14.7. The molecule has 0 saturated carbocycles. The largest absolute Gasteiger partial charge is 0.481 e. The molecule has 1 fully saturated rings. The fourth-order valence-electron chi connectivity index (χ4n) is 5.18. The molecule has 1 aliphatic heterocycles. The molecule has 21 nitrogen and oxygen atoms in total. The third-order valence-electron chi connectivity index (χ3n) is 8.36. The number of carbonyl (C=O) groups excluding carboxylic acids is 5. The van der Waals surface area contributed by atoms with Crippen molar-refractivity contribution in [2.45, 2.75) is 140 Å². The van der Waals surface area contributed by atoms with Gasteiger partial charge in [-0.25, -0.2) is 0 Å². The Kier molecular flexibility index (Phi) is 19.8. The molecule has 0 aromatic carbocycles. The lowest BCUT2D eigenvalue weighted by molar-refractivity contribution is -0.263. The van der Waals surface area contributed by atoms with Crippen LogP contribution in [0, 0.1) is 0 Å². The Hall–Kier alpha value is -3.83. The quantitative estimate of drug-likeness (QED) is 0.0436. The molecule has 0 aliphatic carbocycles. The number of ether oxygens (including phenoxy) is 2. The molecule has 0 spiro atoms. The lowest BCUT2D eigenvalue weighted by Crippen LogP contribution is -2.64. The van der Waals surface area contributed by atoms with Gasteiger partial charge in [0.25, 0.3) is 0 Å². The highest BCUT2D eigenvalue weighted by molar-refractivity contribution is 5.95. The molecule has 14 N–H and O–H groups in total. The van der Waals surface area contributed by atoms with Crippen molar-refractivity contribution in [1.29, 1.82) is 0 Å². The Morgan fingerprint density at radius 3 is 1.87 bits per heavy atom. The Morgan fingerprint density at radius 1 is 0.788 bits per heavy atom. The lowest BCUT2D eigenvalue weighted by atomic mass is 9.96. The number of carboxylic acid groups (broad SMARTS) is 2. The molecule has 0 radical (unpaired) electrons. The summed E-state index contributed by atoms with van der Waals surface area (Å²) in [4.78, 5) is 87.4. The van der Waals surface area contributed by atoms with Crippen molar-refractivity contribution in [3.63, 3.8) is 0 Å². The van der Waals surface area contributed by atoms with Gasteiger partial charge in [0.15, 0.2) is 6.29 Å². The predicted octanol–water partition coefficient (Wildman–Crippen LogP) is -4.85. The van der Waals surface area contributed by atoms with Crippen molar-refractivity contribution < 1.29 is 68.6 Å². The summed E-state index contributed by atoms with van der Waals surface area (Å²) in [6.07, 6.45) is -6.73. The fourth-order valence-corrected chi connectivity index (χ4v) is 5.18. The van der Waals surface area contributed by atoms with Crippen LogP contribution in [0.2, 0.25) is 0 Å². The maximum atomic E-state index is 13.5. The van der Waals surface area contributed by atoms with Gasteiger partial charge in [-0.05, 0) is 66.8 Å². The Bertz CT molecular complexity index is 1240. The van der Waals surface area contributed by atoms with Gasteiger partial charge in [-0.1, -0.05) is 0 Å². The average molecular weight is 750 g/mol. The minimum absolute atomic E-state index is 0.0475. The number of nitrogens with one attached hydrogen (secondary N) is 5. The van der Waals surface area contributed by atoms with Crippen LogP contribution in [-0.2, 0) is 43.0 Å². The lowest BCUT2D eigenvalue weighted by Gasteiger charge is -2.42. The summed E-state index contributed by atoms with van der Waals surface area (Å²) >= 11 is 0. The van der Waals surface area contributed by atoms with Crippen LogP contribution in [0.15, 0.2) is 0 Å². The van der Waals surface area contributed by atoms with E-state index in [1.165, 1.54) is 34.6 Å². The molecule has 1 saturated heterocycles. The van der Waals surface area contributed by atoms with Crippen LogP contribution in [0.25, 0.3) is 0 Å². The predicted molar refractivity (Wildman–Crippen MR) is 180 cm³/mol. The second-order valence-corrected chi connectivity index (χ2v) is 12.7. The summed E-state index contributed by atoms with van der Waals surface area (Å²) < 4.78 is 10.9. The highest BCUT2D eigenvalue weighted by Gasteiger charge is 2.45. The van der Waals surface area contributed by atoms with E-state index in [4.69, 9.17) is 26.0 Å². The number of aliphatic carboxylic acids is 2. The number of carbonyl (C=O) groups is 7. The first-order valence-corrected chi connectivity index (χ1v) is 16.9. The number of unbranched alkanes of at least 4 members (excludes halogenated alkanes) is 1. The Labute approximate surface area is 300 Å². The molecule has 0 bridgehead atoms. The number of ketones is 1. The number of nitrogens with two attached hydrogens (primary N) is 2. The van der Waals surface area contributed by atoms with E-state index in [9.17, 15) is 54.0 Å². The van der Waals surface area contributed by atoms with E-state index in [0.29, 0.717) is 12.8 Å². The van der Waals surface area contributed by atoms with Crippen LogP contribution >= 0.6 is 0 Å². The number of rotatable bonds is 23. The van der Waals surface area contributed by atoms with E-state index >= 15 is 0 Å². The van der Waals surface area contributed by atoms with Gasteiger partial charge < -0.3 is 67.7 Å². The van der Waals surface area contributed by atoms with Crippen molar-refractivity contribution >= 4 is 41.4 Å². The van der Waals surface area contributed by atoms with Crippen molar-refractivity contribution in [3.8, 4) is 0 Å². The van der Waals surface area contributed by atoms with E-state index in [1.807, 2.05) is 0 Å². The standard InChI is InChI=1S/C31H55N7O14/c1-13(34-23(16(4)40)17(5)51-25-22(33)31(50)52-20(12-39)24(25)43)27(45)37-19(9-10-21(41)42)29(47)38-18(8-6-7-11-32)28(46)35-14(2)26(44)36-15(3)30(48)49/h13-15,17-20,22-25,31,34,39,43,50H,6-12,32-33H2,1-5H3,(H,35,46)(H,36,44)(H,37,45)(H,38,47)(H,41,42)(H,48,49)/t13-,14+,15+,17?,18-,19+,20+,22+,23?,24+,25+,31-/m0/s1. The average Bonchev–Trinajstić information content (AvgIpc) is 3.07. The van der Waals surface area contributed by atoms with Gasteiger partial charge in [0.2, 0.25) is 23.6 Å². The van der Waals surface area contributed by atoms with Gasteiger partial charge in [-0.2, -0.15) is 0 Å². The number of hydrogen-bond acceptors (Lipinski definition) is 15. The van der Waals surface area contributed by atoms with Crippen LogP contribution in [-0.4, -0.2) is 153 Å². The van der Waals surface area contributed by atoms with Crippen LogP contribution in [0.5, 0.6) is 0 Å². The van der Waals surface area contributed by atoms with Gasteiger partial charge in [0, 0.05) is 6.42 Å². The molecule has 0 aromatic rings. The van der Waals surface area contributed by atoms with Crippen molar-refractivity contribution in [2.24, 2.45) is 11.5 Å². The molecule has 298 valence electrons. The molecule has 21 heteroatoms. The van der Waals surface area contributed by atoms with Crippen LogP contribution < -0.4 is 38.1 Å². The van der Waals surface area contributed by atoms with Gasteiger partial charge in [-0.3, -0.25) is 38.9 Å². The molecule has 1 aliphatic rings. The van der Waals surface area contributed by atoms with Gasteiger partial charge in [0.05, 0.1) is 30.8 Å². The summed E-state index contributed by atoms with van der Waals surface area (Å²) in [5.41, 5.74) is 11.5. The monoisotopic (exact) mass is 749 g/mol. The fraction of sp³-hybridized carbons (Fsp3) is 0.774. The number of hydrogen-bond donors (Lipinski definition) is 12. The summed E-state index contributed by atoms with van der Waals surface area (Å²) in [7, 11) is 0. The third-order valence-corrected chi connectivity index (χ3v) is 8.36. The zero-order chi connectivity index (χ0) is 39.9. The van der Waals surface area contributed by atoms with Crippen LogP contribution in [0.4, 0.5) is 0 Å². The SMILES string of the molecule is CC(=O)C(N[C@@H](C)C(=O)N[C@H](CCC(=O)O)C(=O)N[C@@H](CCCCN)C(=O)N[C@H](C)C(=O)N[C@H](C)C(=O)O)C(C)O[C@@H]1[C@@H](N)[C@@H](O)O[C@H](CO)[C@H]1O. The normalized spacial score (nSPS) is 24.2. The molecular formula is C31H55N7O14. The first-order valence-electron chi connectivity index (χ1n) is 16.9. The first kappa shape index (κ1) is 46.2. The molecular weight excluding hydrogens is 694 g/mol. The van der Waals surface area contributed by atoms with Crippen molar-refractivity contribution in [3.05, 3.63) is 0 Å². The summed E-state index contributed by atoms with van der Waals surface area (Å²) in [5, 5.41) is 60.8. The maximum absolute atomic E-state index is 13.5. The second kappa shape index (κ2) is 22.3. The topological polar surface area (TPSA) is 351 Å². The molecule has 12 atom stereocenters. The number of aliphatic hydroxyl groups is 3. The highest BCUT2D eigenvalue weighted by atomic mass is 16.6. The zero-order valence-corrected chi connectivity index (χ0v) is 29.9. The van der Waals surface area contributed by atoms with E-state index in [2.05, 4.69) is 26.6 Å². The van der Waals surface area contributed by atoms with Crippen molar-refractivity contribution in [1.82, 2.24) is 26.6 Å². The summed E-state index contributed by atoms with van der Waals surface area (Å²) in [6, 6.07) is -8.86. The molecule has 52 heavy (non-hydrogen) atoms. The maximum Gasteiger partial charge on any atom is 0.325 e. The Morgan fingerprint density at radius 2 is 1.33 bits per heavy atom. The van der Waals surface area contributed by atoms with E-state index in [-0.39, 0.29) is 13.0 Å². The highest BCUT2D eigenvalue weighted by Crippen LogP contribution is 2.23. The molecule has 4 amide bonds. The van der Waals surface area contributed by atoms with Gasteiger partial charge >= 0.3 is 11.9 Å². The second-order valence-electron chi connectivity index (χ2n) is 12.7. The van der Waals surface area contributed by atoms with Gasteiger partial charge in [0.1, 0.15) is 48.3 Å². The summed E-state index contributed by atoms with van der Waals surface area (Å²) in [6.45, 7) is 6.14. The molecule has 1 rings (SSSR count). The van der Waals surface area contributed by atoms with E-state index in [0.717, 1.165) is 0 Å². The molecule has 1 heterocycles. The molecule has 2 unspecified atom stereocenters. The van der Waals surface area contributed by atoms with E-state index < -0.39 is 134 Å². The summed E-state index contributed by atoms with van der Waals surface area (Å²) in [5.74, 6) is -6.46. The minimum Gasteiger partial charge on any atom is -0.481 e. The number of Topliss-reactive ketones (excluding diaryl/α,β-unsaturated/α-hetero) is 1. The Balaban J connectivity index is 3.11. The van der Waals surface area contributed by atoms with Gasteiger partial charge in [-0.15, -0.1) is 0 Å². The zero-order valence-electron chi connectivity index (χ0n) is 29.9. The number of aliphatic hydroxyl groups excluding tert-OH is 3.